The summed E-state index contributed by atoms with van der Waals surface area (Å²) in [6, 6.07) is 10.7. The third-order valence-electron chi connectivity index (χ3n) is 3.00. The molecule has 1 aromatic heterocycles. The Morgan fingerprint density at radius 1 is 1.14 bits per heavy atom. The van der Waals surface area contributed by atoms with Crippen LogP contribution in [0.25, 0.3) is 22.8 Å². The van der Waals surface area contributed by atoms with Crippen molar-refractivity contribution in [2.45, 2.75) is 0 Å². The van der Waals surface area contributed by atoms with E-state index in [2.05, 4.69) is 10.1 Å². The molecule has 2 aromatic carbocycles. The highest BCUT2D eigenvalue weighted by Crippen LogP contribution is 2.30. The quantitative estimate of drug-likeness (QED) is 0.768. The van der Waals surface area contributed by atoms with Crippen molar-refractivity contribution in [2.75, 3.05) is 0 Å². The van der Waals surface area contributed by atoms with E-state index in [1.165, 1.54) is 18.2 Å². The summed E-state index contributed by atoms with van der Waals surface area (Å²) in [6.07, 6.45) is 0. The molecule has 0 saturated carbocycles. The predicted octanol–water partition coefficient (Wildman–Crippen LogP) is 3.46. The van der Waals surface area contributed by atoms with Crippen molar-refractivity contribution in [3.05, 3.63) is 53.1 Å². The number of carbonyl (C=O) groups is 1. The van der Waals surface area contributed by atoms with Gasteiger partial charge in [0.05, 0.1) is 11.1 Å². The average molecular weight is 317 g/mol. The number of hydrogen-bond acceptors (Lipinski definition) is 5. The minimum atomic E-state index is -1.11. The molecule has 110 valence electrons. The maximum Gasteiger partial charge on any atom is 0.335 e. The van der Waals surface area contributed by atoms with E-state index in [4.69, 9.17) is 21.2 Å². The van der Waals surface area contributed by atoms with Gasteiger partial charge in [-0.25, -0.2) is 4.79 Å². The molecule has 0 bridgehead atoms. The van der Waals surface area contributed by atoms with E-state index >= 15 is 0 Å². The van der Waals surface area contributed by atoms with E-state index in [1.807, 2.05) is 0 Å². The number of rotatable bonds is 3. The van der Waals surface area contributed by atoms with E-state index in [0.29, 0.717) is 10.6 Å². The first-order valence-electron chi connectivity index (χ1n) is 6.21. The van der Waals surface area contributed by atoms with Gasteiger partial charge in [0.15, 0.2) is 0 Å². The number of benzene rings is 2. The molecule has 22 heavy (non-hydrogen) atoms. The van der Waals surface area contributed by atoms with E-state index in [0.717, 1.165) is 0 Å². The third-order valence-corrected chi connectivity index (χ3v) is 3.25. The fourth-order valence-corrected chi connectivity index (χ4v) is 2.02. The Bertz CT molecular complexity index is 843. The van der Waals surface area contributed by atoms with Gasteiger partial charge in [-0.3, -0.25) is 0 Å². The van der Waals surface area contributed by atoms with Gasteiger partial charge in [-0.15, -0.1) is 0 Å². The minimum Gasteiger partial charge on any atom is -0.507 e. The Morgan fingerprint density at radius 3 is 2.55 bits per heavy atom. The third kappa shape index (κ3) is 2.64. The van der Waals surface area contributed by atoms with Gasteiger partial charge in [-0.1, -0.05) is 16.8 Å². The zero-order valence-electron chi connectivity index (χ0n) is 11.0. The Balaban J connectivity index is 2.02. The highest BCUT2D eigenvalue weighted by atomic mass is 35.5. The molecule has 3 rings (SSSR count). The summed E-state index contributed by atoms with van der Waals surface area (Å²) >= 11 is 5.81. The normalized spacial score (nSPS) is 10.6. The summed E-state index contributed by atoms with van der Waals surface area (Å²) in [4.78, 5) is 15.2. The van der Waals surface area contributed by atoms with Gasteiger partial charge >= 0.3 is 5.97 Å². The van der Waals surface area contributed by atoms with Crippen LogP contribution in [0.5, 0.6) is 5.75 Å². The fraction of sp³-hybridized carbons (Fsp3) is 0. The first kappa shape index (κ1) is 14.1. The van der Waals surface area contributed by atoms with Crippen molar-refractivity contribution in [3.8, 4) is 28.6 Å². The number of halogens is 1. The summed E-state index contributed by atoms with van der Waals surface area (Å²) in [5.41, 5.74) is 0.867. The molecular formula is C15H9ClN2O4. The summed E-state index contributed by atoms with van der Waals surface area (Å²) in [6.45, 7) is 0. The summed E-state index contributed by atoms with van der Waals surface area (Å²) in [5, 5.41) is 23.2. The minimum absolute atomic E-state index is 0.0191. The highest BCUT2D eigenvalue weighted by Gasteiger charge is 2.16. The van der Waals surface area contributed by atoms with E-state index in [-0.39, 0.29) is 28.6 Å². The van der Waals surface area contributed by atoms with Crippen molar-refractivity contribution in [3.63, 3.8) is 0 Å². The molecule has 0 spiro atoms. The van der Waals surface area contributed by atoms with Gasteiger partial charge in [0.2, 0.25) is 5.82 Å². The number of carboxylic acids is 1. The van der Waals surface area contributed by atoms with Gasteiger partial charge < -0.3 is 14.7 Å². The smallest absolute Gasteiger partial charge is 0.335 e. The van der Waals surface area contributed by atoms with Crippen LogP contribution in [0.3, 0.4) is 0 Å². The second kappa shape index (κ2) is 5.50. The molecule has 1 heterocycles. The number of phenolic OH excluding ortho intramolecular Hbond substituents is 1. The average Bonchev–Trinajstić information content (AvgIpc) is 2.98. The lowest BCUT2D eigenvalue weighted by Gasteiger charge is -2.01. The van der Waals surface area contributed by atoms with Crippen LogP contribution in [-0.2, 0) is 0 Å². The summed E-state index contributed by atoms with van der Waals surface area (Å²) in [5.74, 6) is -0.895. The monoisotopic (exact) mass is 316 g/mol. The number of carboxylic acid groups (broad SMARTS) is 1. The van der Waals surface area contributed by atoms with Crippen LogP contribution >= 0.6 is 11.6 Å². The molecule has 0 amide bonds. The van der Waals surface area contributed by atoms with Crippen LogP contribution in [-0.4, -0.2) is 26.3 Å². The Labute approximate surface area is 129 Å². The Hall–Kier alpha value is -2.86. The molecule has 0 saturated heterocycles. The number of aromatic nitrogens is 2. The second-order valence-corrected chi connectivity index (χ2v) is 4.90. The van der Waals surface area contributed by atoms with Crippen LogP contribution in [0.1, 0.15) is 10.4 Å². The maximum absolute atomic E-state index is 11.0. The molecule has 3 aromatic rings. The van der Waals surface area contributed by atoms with Crippen LogP contribution < -0.4 is 0 Å². The first-order valence-corrected chi connectivity index (χ1v) is 6.59. The zero-order valence-corrected chi connectivity index (χ0v) is 11.8. The van der Waals surface area contributed by atoms with Crippen LogP contribution in [0, 0.1) is 0 Å². The van der Waals surface area contributed by atoms with Crippen molar-refractivity contribution in [2.24, 2.45) is 0 Å². The van der Waals surface area contributed by atoms with Gasteiger partial charge in [0, 0.05) is 10.6 Å². The van der Waals surface area contributed by atoms with E-state index in [1.54, 1.807) is 24.3 Å². The molecule has 0 fully saturated rings. The Kier molecular flexibility index (Phi) is 3.52. The number of phenols is 1. The lowest BCUT2D eigenvalue weighted by Crippen LogP contribution is -1.96. The highest BCUT2D eigenvalue weighted by molar-refractivity contribution is 6.30. The van der Waals surface area contributed by atoms with Gasteiger partial charge in [0.25, 0.3) is 5.89 Å². The molecule has 0 atom stereocenters. The summed E-state index contributed by atoms with van der Waals surface area (Å²) < 4.78 is 5.14. The largest absolute Gasteiger partial charge is 0.507 e. The van der Waals surface area contributed by atoms with Crippen LogP contribution in [0.2, 0.25) is 5.02 Å². The van der Waals surface area contributed by atoms with Gasteiger partial charge in [-0.2, -0.15) is 4.98 Å². The SMILES string of the molecule is O=C(O)c1ccc(O)c(-c2noc(-c3ccc(Cl)cc3)n2)c1. The summed E-state index contributed by atoms with van der Waals surface area (Å²) in [7, 11) is 0. The van der Waals surface area contributed by atoms with Crippen molar-refractivity contribution < 1.29 is 19.5 Å². The topological polar surface area (TPSA) is 96.5 Å². The molecule has 0 unspecified atom stereocenters. The number of aromatic hydroxyl groups is 1. The van der Waals surface area contributed by atoms with Gasteiger partial charge in [-0.05, 0) is 42.5 Å². The fourth-order valence-electron chi connectivity index (χ4n) is 1.89. The van der Waals surface area contributed by atoms with Crippen molar-refractivity contribution in [1.29, 1.82) is 0 Å². The molecule has 6 nitrogen and oxygen atoms in total. The molecular weight excluding hydrogens is 308 g/mol. The molecule has 0 aliphatic rings. The Morgan fingerprint density at radius 2 is 1.86 bits per heavy atom. The number of hydrogen-bond donors (Lipinski definition) is 2. The van der Waals surface area contributed by atoms with Crippen molar-refractivity contribution >= 4 is 17.6 Å². The first-order chi connectivity index (χ1) is 10.5. The molecule has 0 aliphatic carbocycles. The molecule has 0 radical (unpaired) electrons. The number of aromatic carboxylic acids is 1. The maximum atomic E-state index is 11.0. The van der Waals surface area contributed by atoms with E-state index < -0.39 is 5.97 Å². The second-order valence-electron chi connectivity index (χ2n) is 4.47. The lowest BCUT2D eigenvalue weighted by molar-refractivity contribution is 0.0697. The lowest BCUT2D eigenvalue weighted by atomic mass is 10.1. The molecule has 2 N–H and O–H groups in total. The molecule has 0 aliphatic heterocycles. The number of nitrogens with zero attached hydrogens (tertiary/aromatic N) is 2. The van der Waals surface area contributed by atoms with E-state index in [9.17, 15) is 9.90 Å². The van der Waals surface area contributed by atoms with Crippen LogP contribution in [0.15, 0.2) is 47.0 Å². The van der Waals surface area contributed by atoms with Gasteiger partial charge in [0.1, 0.15) is 5.75 Å². The molecule has 7 heteroatoms. The van der Waals surface area contributed by atoms with Crippen LogP contribution in [0.4, 0.5) is 0 Å². The van der Waals surface area contributed by atoms with Crippen molar-refractivity contribution in [1.82, 2.24) is 10.1 Å². The predicted molar refractivity (Wildman–Crippen MR) is 78.8 cm³/mol. The zero-order chi connectivity index (χ0) is 15.7. The standard InChI is InChI=1S/C15H9ClN2O4/c16-10-4-1-8(2-5-10)14-17-13(18-22-14)11-7-9(15(20)21)3-6-12(11)19/h1-7,19H,(H,20,21).